The van der Waals surface area contributed by atoms with Crippen molar-refractivity contribution in [2.75, 3.05) is 0 Å². The number of hydrogen-bond acceptors (Lipinski definition) is 3. The fraction of sp³-hybridized carbons (Fsp3) is 0.348. The highest BCUT2D eigenvalue weighted by Crippen LogP contribution is 2.26. The maximum Gasteiger partial charge on any atom is 0.262 e. The van der Waals surface area contributed by atoms with E-state index in [1.807, 2.05) is 6.92 Å². The van der Waals surface area contributed by atoms with Gasteiger partial charge in [0.25, 0.3) is 11.8 Å². The molecule has 0 saturated heterocycles. The lowest BCUT2D eigenvalue weighted by molar-refractivity contribution is -0.125. The van der Waals surface area contributed by atoms with Crippen LogP contribution in [0.25, 0.3) is 0 Å². The van der Waals surface area contributed by atoms with Gasteiger partial charge in [-0.25, -0.2) is 0 Å². The number of fused-ring (bicyclic) bond motifs is 2. The molecule has 1 aliphatic carbocycles. The van der Waals surface area contributed by atoms with Crippen molar-refractivity contribution < 1.29 is 14.4 Å². The van der Waals surface area contributed by atoms with Crippen LogP contribution in [0.4, 0.5) is 0 Å². The number of hydrogen-bond donors (Lipinski definition) is 1. The maximum atomic E-state index is 12.8. The predicted octanol–water partition coefficient (Wildman–Crippen LogP) is 3.43. The van der Waals surface area contributed by atoms with E-state index in [0.29, 0.717) is 11.1 Å². The molecule has 2 unspecified atom stereocenters. The van der Waals surface area contributed by atoms with Crippen molar-refractivity contribution in [3.8, 4) is 0 Å². The molecule has 0 bridgehead atoms. The molecule has 3 amide bonds. The van der Waals surface area contributed by atoms with Crippen LogP contribution in [0, 0.1) is 0 Å². The summed E-state index contributed by atoms with van der Waals surface area (Å²) in [5.74, 6) is -1.16. The van der Waals surface area contributed by atoms with E-state index in [-0.39, 0.29) is 11.9 Å². The van der Waals surface area contributed by atoms with E-state index < -0.39 is 17.9 Å². The molecule has 1 heterocycles. The standard InChI is InChI=1S/C23H24N2O3/c1-14(17-12-11-16-7-3-4-8-18(16)13-17)24-21(26)15(2)25-22(27)19-9-5-6-10-20(19)23(25)28/h5-6,9-15H,3-4,7-8H2,1-2H3,(H,24,26). The number of carbonyl (C=O) groups excluding carboxylic acids is 3. The Bertz CT molecular complexity index is 931. The Balaban J connectivity index is 1.48. The third-order valence-corrected chi connectivity index (χ3v) is 5.82. The number of amides is 3. The summed E-state index contributed by atoms with van der Waals surface area (Å²) in [6.45, 7) is 3.52. The first-order chi connectivity index (χ1) is 13.5. The zero-order chi connectivity index (χ0) is 19.8. The molecular weight excluding hydrogens is 352 g/mol. The van der Waals surface area contributed by atoms with E-state index in [9.17, 15) is 14.4 Å². The fourth-order valence-corrected chi connectivity index (χ4v) is 4.12. The third-order valence-electron chi connectivity index (χ3n) is 5.82. The zero-order valence-electron chi connectivity index (χ0n) is 16.2. The van der Waals surface area contributed by atoms with Gasteiger partial charge >= 0.3 is 0 Å². The molecule has 2 aromatic carbocycles. The predicted molar refractivity (Wildman–Crippen MR) is 106 cm³/mol. The van der Waals surface area contributed by atoms with Crippen LogP contribution in [0.15, 0.2) is 42.5 Å². The number of aryl methyl sites for hydroxylation is 2. The van der Waals surface area contributed by atoms with Crippen LogP contribution in [0.1, 0.15) is 70.1 Å². The minimum absolute atomic E-state index is 0.197. The van der Waals surface area contributed by atoms with Crippen LogP contribution in [0.3, 0.4) is 0 Å². The van der Waals surface area contributed by atoms with Gasteiger partial charge < -0.3 is 5.32 Å². The van der Waals surface area contributed by atoms with Crippen molar-refractivity contribution in [1.29, 1.82) is 0 Å². The molecule has 0 saturated carbocycles. The average Bonchev–Trinajstić information content (AvgIpc) is 2.97. The molecule has 2 aliphatic rings. The molecule has 144 valence electrons. The molecule has 1 N–H and O–H groups in total. The molecule has 1 aliphatic heterocycles. The minimum Gasteiger partial charge on any atom is -0.348 e. The topological polar surface area (TPSA) is 66.5 Å². The molecule has 5 heteroatoms. The second-order valence-electron chi connectivity index (χ2n) is 7.67. The highest BCUT2D eigenvalue weighted by Gasteiger charge is 2.40. The van der Waals surface area contributed by atoms with Crippen LogP contribution in [0.2, 0.25) is 0 Å². The molecule has 4 rings (SSSR count). The SMILES string of the molecule is CC(NC(=O)C(C)N1C(=O)c2ccccc2C1=O)c1ccc2c(c1)CCCC2. The van der Waals surface area contributed by atoms with Crippen molar-refractivity contribution in [1.82, 2.24) is 10.2 Å². The average molecular weight is 376 g/mol. The Labute approximate surface area is 164 Å². The highest BCUT2D eigenvalue weighted by molar-refractivity contribution is 6.22. The molecule has 0 aromatic heterocycles. The molecule has 2 aromatic rings. The van der Waals surface area contributed by atoms with Gasteiger partial charge in [-0.15, -0.1) is 0 Å². The Kier molecular flexibility index (Phi) is 4.75. The number of rotatable bonds is 4. The zero-order valence-corrected chi connectivity index (χ0v) is 16.2. The first-order valence-electron chi connectivity index (χ1n) is 9.86. The molecular formula is C23H24N2O3. The number of nitrogens with one attached hydrogen (secondary N) is 1. The van der Waals surface area contributed by atoms with Crippen molar-refractivity contribution in [2.24, 2.45) is 0 Å². The summed E-state index contributed by atoms with van der Waals surface area (Å²) in [6.07, 6.45) is 4.63. The van der Waals surface area contributed by atoms with E-state index in [4.69, 9.17) is 0 Å². The van der Waals surface area contributed by atoms with E-state index >= 15 is 0 Å². The second-order valence-corrected chi connectivity index (χ2v) is 7.67. The normalized spacial score (nSPS) is 17.7. The lowest BCUT2D eigenvalue weighted by atomic mass is 9.89. The minimum atomic E-state index is -0.868. The van der Waals surface area contributed by atoms with Crippen molar-refractivity contribution in [3.63, 3.8) is 0 Å². The van der Waals surface area contributed by atoms with Gasteiger partial charge in [-0.3, -0.25) is 19.3 Å². The second kappa shape index (κ2) is 7.23. The fourth-order valence-electron chi connectivity index (χ4n) is 4.12. The van der Waals surface area contributed by atoms with E-state index in [1.54, 1.807) is 31.2 Å². The summed E-state index contributed by atoms with van der Waals surface area (Å²) in [7, 11) is 0. The first kappa shape index (κ1) is 18.4. The van der Waals surface area contributed by atoms with Crippen molar-refractivity contribution in [3.05, 3.63) is 70.3 Å². The summed E-state index contributed by atoms with van der Waals surface area (Å²) in [6, 6.07) is 12.0. The molecule has 0 spiro atoms. The van der Waals surface area contributed by atoms with Crippen LogP contribution in [-0.4, -0.2) is 28.7 Å². The van der Waals surface area contributed by atoms with Gasteiger partial charge in [0.15, 0.2) is 0 Å². The summed E-state index contributed by atoms with van der Waals surface area (Å²) in [4.78, 5) is 39.0. The summed E-state index contributed by atoms with van der Waals surface area (Å²) in [5.41, 5.74) is 4.51. The Morgan fingerprint density at radius 2 is 1.54 bits per heavy atom. The number of imide groups is 1. The third kappa shape index (κ3) is 3.11. The summed E-state index contributed by atoms with van der Waals surface area (Å²) in [5, 5.41) is 2.96. The number of benzene rings is 2. The Morgan fingerprint density at radius 3 is 2.18 bits per heavy atom. The van der Waals surface area contributed by atoms with E-state index in [1.165, 1.54) is 24.0 Å². The van der Waals surface area contributed by atoms with Crippen LogP contribution >= 0.6 is 0 Å². The van der Waals surface area contributed by atoms with Crippen molar-refractivity contribution >= 4 is 17.7 Å². The van der Waals surface area contributed by atoms with Gasteiger partial charge in [-0.05, 0) is 68.4 Å². The Hall–Kier alpha value is -2.95. The molecule has 5 nitrogen and oxygen atoms in total. The monoisotopic (exact) mass is 376 g/mol. The maximum absolute atomic E-state index is 12.8. The molecule has 0 fully saturated rings. The van der Waals surface area contributed by atoms with E-state index in [2.05, 4.69) is 23.5 Å². The summed E-state index contributed by atoms with van der Waals surface area (Å²) >= 11 is 0. The van der Waals surface area contributed by atoms with Crippen LogP contribution in [-0.2, 0) is 17.6 Å². The van der Waals surface area contributed by atoms with Gasteiger partial charge in [0.2, 0.25) is 5.91 Å². The van der Waals surface area contributed by atoms with E-state index in [0.717, 1.165) is 23.3 Å². The van der Waals surface area contributed by atoms with Crippen LogP contribution < -0.4 is 5.32 Å². The Morgan fingerprint density at radius 1 is 0.929 bits per heavy atom. The lowest BCUT2D eigenvalue weighted by Crippen LogP contribution is -2.48. The number of nitrogens with zero attached hydrogens (tertiary/aromatic N) is 1. The molecule has 0 radical (unpaired) electrons. The lowest BCUT2D eigenvalue weighted by Gasteiger charge is -2.25. The van der Waals surface area contributed by atoms with Gasteiger partial charge in [-0.1, -0.05) is 30.3 Å². The van der Waals surface area contributed by atoms with Gasteiger partial charge in [0, 0.05) is 0 Å². The van der Waals surface area contributed by atoms with Gasteiger partial charge in [0.1, 0.15) is 6.04 Å². The largest absolute Gasteiger partial charge is 0.348 e. The van der Waals surface area contributed by atoms with Crippen LogP contribution in [0.5, 0.6) is 0 Å². The highest BCUT2D eigenvalue weighted by atomic mass is 16.2. The summed E-state index contributed by atoms with van der Waals surface area (Å²) < 4.78 is 0. The smallest absolute Gasteiger partial charge is 0.262 e. The quantitative estimate of drug-likeness (QED) is 0.832. The van der Waals surface area contributed by atoms with Crippen molar-refractivity contribution in [2.45, 2.75) is 51.6 Å². The molecule has 28 heavy (non-hydrogen) atoms. The first-order valence-corrected chi connectivity index (χ1v) is 9.86. The molecule has 2 atom stereocenters. The van der Waals surface area contributed by atoms with Gasteiger partial charge in [-0.2, -0.15) is 0 Å². The number of carbonyl (C=O) groups is 3. The van der Waals surface area contributed by atoms with Gasteiger partial charge in [0.05, 0.1) is 17.2 Å².